The molecule has 7 heteroatoms. The predicted molar refractivity (Wildman–Crippen MR) is 97.6 cm³/mol. The zero-order valence-electron chi connectivity index (χ0n) is 12.6. The molecule has 4 rings (SSSR count). The number of carbonyl (C=O) groups is 1. The number of aromatic nitrogens is 2. The Labute approximate surface area is 145 Å². The second-order valence-electron chi connectivity index (χ2n) is 5.20. The Morgan fingerprint density at radius 2 is 2.17 bits per heavy atom. The number of hydrogen-bond acceptors (Lipinski definition) is 6. The molecule has 0 aliphatic rings. The lowest BCUT2D eigenvalue weighted by atomic mass is 10.2. The van der Waals surface area contributed by atoms with Gasteiger partial charge in [0, 0.05) is 11.1 Å². The van der Waals surface area contributed by atoms with Crippen LogP contribution in [0.4, 0.5) is 0 Å². The van der Waals surface area contributed by atoms with Crippen LogP contribution in [0.15, 0.2) is 46.2 Å². The number of fused-ring (bicyclic) bond motifs is 5. The maximum atomic E-state index is 12.9. The first-order valence-electron chi connectivity index (χ1n) is 7.34. The third-order valence-electron chi connectivity index (χ3n) is 3.75. The van der Waals surface area contributed by atoms with E-state index in [1.165, 1.54) is 11.3 Å². The number of pyridine rings is 2. The molecule has 0 N–H and O–H groups in total. The average molecular weight is 356 g/mol. The summed E-state index contributed by atoms with van der Waals surface area (Å²) in [6, 6.07) is 9.35. The van der Waals surface area contributed by atoms with Gasteiger partial charge in [0.1, 0.15) is 16.0 Å². The van der Waals surface area contributed by atoms with E-state index in [-0.39, 0.29) is 17.6 Å². The van der Waals surface area contributed by atoms with Crippen molar-refractivity contribution in [3.8, 4) is 0 Å². The summed E-state index contributed by atoms with van der Waals surface area (Å²) in [6.45, 7) is 1.92. The SMILES string of the molecule is CCOC(=O)c1c(=O)c2cc(S)cnc2n2c1sc1ccccc12. The third-order valence-corrected chi connectivity index (χ3v) is 5.13. The van der Waals surface area contributed by atoms with Gasteiger partial charge in [-0.05, 0) is 25.1 Å². The number of ether oxygens (including phenoxy) is 1. The minimum Gasteiger partial charge on any atom is -0.462 e. The highest BCUT2D eigenvalue weighted by atomic mass is 32.1. The quantitative estimate of drug-likeness (QED) is 0.441. The van der Waals surface area contributed by atoms with E-state index in [0.29, 0.717) is 20.8 Å². The summed E-state index contributed by atoms with van der Waals surface area (Å²) < 4.78 is 7.91. The normalized spacial score (nSPS) is 11.4. The minimum atomic E-state index is -0.613. The second kappa shape index (κ2) is 5.61. The Kier molecular flexibility index (Phi) is 3.54. The molecule has 0 aliphatic carbocycles. The van der Waals surface area contributed by atoms with E-state index in [1.54, 1.807) is 19.2 Å². The molecule has 3 aromatic heterocycles. The number of nitrogens with zero attached hydrogens (tertiary/aromatic N) is 2. The van der Waals surface area contributed by atoms with Crippen LogP contribution in [0.25, 0.3) is 26.1 Å². The highest BCUT2D eigenvalue weighted by Crippen LogP contribution is 2.31. The van der Waals surface area contributed by atoms with Crippen molar-refractivity contribution in [2.24, 2.45) is 0 Å². The van der Waals surface area contributed by atoms with Gasteiger partial charge >= 0.3 is 5.97 Å². The fourth-order valence-electron chi connectivity index (χ4n) is 2.77. The molecule has 4 aromatic rings. The molecule has 3 heterocycles. The standard InChI is InChI=1S/C17H12N2O3S2/c1-2-22-17(21)13-14(20)10-7-9(23)8-18-15(10)19-11-5-3-4-6-12(11)24-16(13)19/h3-8,23H,2H2,1H3. The summed E-state index contributed by atoms with van der Waals surface area (Å²) in [6.07, 6.45) is 1.59. The Bertz CT molecular complexity index is 1180. The fourth-order valence-corrected chi connectivity index (χ4v) is 4.13. The molecule has 0 radical (unpaired) electrons. The topological polar surface area (TPSA) is 60.7 Å². The van der Waals surface area contributed by atoms with Crippen LogP contribution >= 0.6 is 24.0 Å². The smallest absolute Gasteiger partial charge is 0.345 e. The molecule has 0 unspecified atom stereocenters. The molecule has 0 saturated heterocycles. The van der Waals surface area contributed by atoms with Crippen molar-refractivity contribution in [2.45, 2.75) is 11.8 Å². The van der Waals surface area contributed by atoms with Crippen LogP contribution in [0.5, 0.6) is 0 Å². The van der Waals surface area contributed by atoms with Crippen molar-refractivity contribution in [1.29, 1.82) is 0 Å². The molecule has 0 atom stereocenters. The van der Waals surface area contributed by atoms with Crippen molar-refractivity contribution in [1.82, 2.24) is 9.38 Å². The molecule has 1 aromatic carbocycles. The summed E-state index contributed by atoms with van der Waals surface area (Å²) in [5.41, 5.74) is 1.08. The average Bonchev–Trinajstić information content (AvgIpc) is 2.94. The van der Waals surface area contributed by atoms with Gasteiger partial charge in [0.15, 0.2) is 0 Å². The molecule has 0 bridgehead atoms. The van der Waals surface area contributed by atoms with Gasteiger partial charge in [-0.3, -0.25) is 9.20 Å². The third kappa shape index (κ3) is 2.12. The van der Waals surface area contributed by atoms with E-state index in [4.69, 9.17) is 4.74 Å². The first kappa shape index (κ1) is 15.2. The van der Waals surface area contributed by atoms with Gasteiger partial charge in [-0.2, -0.15) is 0 Å². The van der Waals surface area contributed by atoms with Crippen LogP contribution in [0.1, 0.15) is 17.3 Å². The Balaban J connectivity index is 2.29. The molecule has 0 amide bonds. The molecular formula is C17H12N2O3S2. The highest BCUT2D eigenvalue weighted by molar-refractivity contribution is 7.80. The van der Waals surface area contributed by atoms with Crippen molar-refractivity contribution in [3.63, 3.8) is 0 Å². The lowest BCUT2D eigenvalue weighted by molar-refractivity contribution is 0.0527. The number of rotatable bonds is 2. The molecule has 24 heavy (non-hydrogen) atoms. The number of esters is 1. The number of para-hydroxylation sites is 1. The monoisotopic (exact) mass is 356 g/mol. The van der Waals surface area contributed by atoms with Crippen molar-refractivity contribution in [2.75, 3.05) is 6.61 Å². The Hall–Kier alpha value is -2.38. The van der Waals surface area contributed by atoms with E-state index in [0.717, 1.165) is 10.2 Å². The van der Waals surface area contributed by atoms with Crippen LogP contribution < -0.4 is 5.43 Å². The fraction of sp³-hybridized carbons (Fsp3) is 0.118. The zero-order chi connectivity index (χ0) is 16.8. The van der Waals surface area contributed by atoms with Gasteiger partial charge in [-0.25, -0.2) is 9.78 Å². The summed E-state index contributed by atoms with van der Waals surface area (Å²) in [5.74, 6) is -0.613. The number of hydrogen-bond donors (Lipinski definition) is 1. The van der Waals surface area contributed by atoms with Crippen LogP contribution in [-0.2, 0) is 4.74 Å². The number of carbonyl (C=O) groups excluding carboxylic acids is 1. The maximum absolute atomic E-state index is 12.9. The van der Waals surface area contributed by atoms with Crippen LogP contribution in [0.3, 0.4) is 0 Å². The largest absolute Gasteiger partial charge is 0.462 e. The van der Waals surface area contributed by atoms with Crippen molar-refractivity contribution < 1.29 is 9.53 Å². The van der Waals surface area contributed by atoms with E-state index in [2.05, 4.69) is 17.6 Å². The molecular weight excluding hydrogens is 344 g/mol. The van der Waals surface area contributed by atoms with Crippen molar-refractivity contribution in [3.05, 3.63) is 52.3 Å². The molecule has 0 aliphatic heterocycles. The van der Waals surface area contributed by atoms with Gasteiger partial charge in [-0.15, -0.1) is 24.0 Å². The highest BCUT2D eigenvalue weighted by Gasteiger charge is 2.23. The van der Waals surface area contributed by atoms with Gasteiger partial charge in [0.2, 0.25) is 5.43 Å². The molecule has 120 valence electrons. The first-order chi connectivity index (χ1) is 11.6. The maximum Gasteiger partial charge on any atom is 0.345 e. The van der Waals surface area contributed by atoms with Gasteiger partial charge in [0.05, 0.1) is 22.2 Å². The predicted octanol–water partition coefficient (Wildman–Crippen LogP) is 3.53. The van der Waals surface area contributed by atoms with E-state index in [1.807, 2.05) is 28.7 Å². The van der Waals surface area contributed by atoms with E-state index in [9.17, 15) is 9.59 Å². The summed E-state index contributed by atoms with van der Waals surface area (Å²) in [7, 11) is 0. The van der Waals surface area contributed by atoms with Crippen LogP contribution in [0, 0.1) is 0 Å². The number of thiol groups is 1. The molecule has 0 fully saturated rings. The number of benzene rings is 1. The van der Waals surface area contributed by atoms with Crippen LogP contribution in [0.2, 0.25) is 0 Å². The second-order valence-corrected chi connectivity index (χ2v) is 6.75. The molecule has 5 nitrogen and oxygen atoms in total. The van der Waals surface area contributed by atoms with Gasteiger partial charge in [-0.1, -0.05) is 12.1 Å². The summed E-state index contributed by atoms with van der Waals surface area (Å²) in [5, 5.41) is 0.353. The van der Waals surface area contributed by atoms with Crippen molar-refractivity contribution >= 4 is 56.0 Å². The molecule has 0 saturated carbocycles. The number of thiazole rings is 1. The lowest BCUT2D eigenvalue weighted by Crippen LogP contribution is -2.20. The van der Waals surface area contributed by atoms with Gasteiger partial charge in [0.25, 0.3) is 0 Å². The minimum absolute atomic E-state index is 0.0475. The van der Waals surface area contributed by atoms with Crippen LogP contribution in [-0.4, -0.2) is 22.0 Å². The van der Waals surface area contributed by atoms with E-state index >= 15 is 0 Å². The zero-order valence-corrected chi connectivity index (χ0v) is 14.4. The lowest BCUT2D eigenvalue weighted by Gasteiger charge is -2.07. The summed E-state index contributed by atoms with van der Waals surface area (Å²) >= 11 is 5.64. The Morgan fingerprint density at radius 1 is 1.38 bits per heavy atom. The van der Waals surface area contributed by atoms with Gasteiger partial charge < -0.3 is 4.74 Å². The van der Waals surface area contributed by atoms with E-state index < -0.39 is 5.97 Å². The summed E-state index contributed by atoms with van der Waals surface area (Å²) in [4.78, 5) is 30.8. The Morgan fingerprint density at radius 3 is 2.96 bits per heavy atom. The molecule has 0 spiro atoms. The first-order valence-corrected chi connectivity index (χ1v) is 8.60.